The van der Waals surface area contributed by atoms with Crippen LogP contribution in [0.5, 0.6) is 0 Å². The molecular weight excluding hydrogens is 246 g/mol. The summed E-state index contributed by atoms with van der Waals surface area (Å²) in [6.07, 6.45) is 4.09. The summed E-state index contributed by atoms with van der Waals surface area (Å²) in [6, 6.07) is 0. The largest absolute Gasteiger partial charge is 0.481 e. The number of carboxylic acids is 1. The summed E-state index contributed by atoms with van der Waals surface area (Å²) in [5.74, 6) is -1.10. The Balaban J connectivity index is 1.87. The minimum Gasteiger partial charge on any atom is -0.481 e. The molecule has 0 radical (unpaired) electrons. The van der Waals surface area contributed by atoms with Crippen LogP contribution < -0.4 is 0 Å². The van der Waals surface area contributed by atoms with Gasteiger partial charge in [0.2, 0.25) is 5.91 Å². The van der Waals surface area contributed by atoms with Crippen molar-refractivity contribution in [1.29, 1.82) is 0 Å². The number of rotatable bonds is 5. The molecule has 5 nitrogen and oxygen atoms in total. The number of hydrogen-bond acceptors (Lipinski definition) is 3. The molecule has 0 aromatic heterocycles. The molecule has 1 aliphatic heterocycles. The molecule has 0 bridgehead atoms. The van der Waals surface area contributed by atoms with Gasteiger partial charge in [0, 0.05) is 25.6 Å². The summed E-state index contributed by atoms with van der Waals surface area (Å²) in [4.78, 5) is 25.2. The second-order valence-electron chi connectivity index (χ2n) is 5.56. The average molecular weight is 269 g/mol. The molecule has 0 aromatic rings. The van der Waals surface area contributed by atoms with Crippen LogP contribution >= 0.6 is 0 Å². The van der Waals surface area contributed by atoms with Crippen LogP contribution in [-0.4, -0.2) is 47.7 Å². The SMILES string of the molecule is CCN(CC1CCCO1)C(=O)C1CCC(C(=O)O)C1. The highest BCUT2D eigenvalue weighted by molar-refractivity contribution is 5.81. The van der Waals surface area contributed by atoms with Crippen molar-refractivity contribution in [2.75, 3.05) is 19.7 Å². The maximum absolute atomic E-state index is 12.4. The van der Waals surface area contributed by atoms with E-state index < -0.39 is 5.97 Å². The van der Waals surface area contributed by atoms with Gasteiger partial charge in [-0.25, -0.2) is 0 Å². The number of likely N-dealkylation sites (N-methyl/N-ethyl adjacent to an activating group) is 1. The monoisotopic (exact) mass is 269 g/mol. The van der Waals surface area contributed by atoms with Gasteiger partial charge in [-0.2, -0.15) is 0 Å². The predicted molar refractivity (Wildman–Crippen MR) is 69.7 cm³/mol. The lowest BCUT2D eigenvalue weighted by atomic mass is 10.0. The molecule has 1 amide bonds. The van der Waals surface area contributed by atoms with E-state index in [0.29, 0.717) is 32.4 Å². The molecule has 1 N–H and O–H groups in total. The molecule has 0 spiro atoms. The average Bonchev–Trinajstić information content (AvgIpc) is 3.06. The van der Waals surface area contributed by atoms with Crippen LogP contribution in [0.25, 0.3) is 0 Å². The van der Waals surface area contributed by atoms with Gasteiger partial charge in [0.1, 0.15) is 0 Å². The van der Waals surface area contributed by atoms with E-state index in [1.807, 2.05) is 11.8 Å². The van der Waals surface area contributed by atoms with Gasteiger partial charge in [-0.3, -0.25) is 9.59 Å². The van der Waals surface area contributed by atoms with Gasteiger partial charge >= 0.3 is 5.97 Å². The van der Waals surface area contributed by atoms with Crippen molar-refractivity contribution in [3.63, 3.8) is 0 Å². The van der Waals surface area contributed by atoms with E-state index in [-0.39, 0.29) is 23.8 Å². The van der Waals surface area contributed by atoms with Crippen molar-refractivity contribution in [2.24, 2.45) is 11.8 Å². The third-order valence-corrected chi connectivity index (χ3v) is 4.27. The molecule has 1 saturated carbocycles. The quantitative estimate of drug-likeness (QED) is 0.821. The van der Waals surface area contributed by atoms with Crippen molar-refractivity contribution in [2.45, 2.75) is 45.1 Å². The molecule has 2 fully saturated rings. The molecule has 108 valence electrons. The fourth-order valence-electron chi connectivity index (χ4n) is 3.10. The van der Waals surface area contributed by atoms with Crippen LogP contribution in [0.1, 0.15) is 39.0 Å². The Morgan fingerprint density at radius 3 is 2.53 bits per heavy atom. The first-order chi connectivity index (χ1) is 9.11. The zero-order valence-electron chi connectivity index (χ0n) is 11.5. The van der Waals surface area contributed by atoms with Crippen LogP contribution in [0.3, 0.4) is 0 Å². The number of hydrogen-bond donors (Lipinski definition) is 1. The molecule has 1 saturated heterocycles. The molecule has 3 atom stereocenters. The fraction of sp³-hybridized carbons (Fsp3) is 0.857. The van der Waals surface area contributed by atoms with E-state index in [0.717, 1.165) is 19.4 Å². The second kappa shape index (κ2) is 6.37. The number of nitrogens with zero attached hydrogens (tertiary/aromatic N) is 1. The summed E-state index contributed by atoms with van der Waals surface area (Å²) < 4.78 is 5.57. The molecule has 1 aliphatic carbocycles. The molecular formula is C14H23NO4. The smallest absolute Gasteiger partial charge is 0.306 e. The van der Waals surface area contributed by atoms with Crippen LogP contribution in [0.2, 0.25) is 0 Å². The van der Waals surface area contributed by atoms with E-state index in [9.17, 15) is 9.59 Å². The maximum atomic E-state index is 12.4. The lowest BCUT2D eigenvalue weighted by Crippen LogP contribution is -2.40. The summed E-state index contributed by atoms with van der Waals surface area (Å²) >= 11 is 0. The Hall–Kier alpha value is -1.10. The standard InChI is InChI=1S/C14H23NO4/c1-2-15(9-12-4-3-7-19-12)13(16)10-5-6-11(8-10)14(17)18/h10-12H,2-9H2,1H3,(H,17,18). The maximum Gasteiger partial charge on any atom is 0.306 e. The van der Waals surface area contributed by atoms with Gasteiger partial charge in [0.25, 0.3) is 0 Å². The topological polar surface area (TPSA) is 66.8 Å². The third kappa shape index (κ3) is 3.47. The van der Waals surface area contributed by atoms with Gasteiger partial charge in [0.05, 0.1) is 12.0 Å². The first kappa shape index (κ1) is 14.3. The number of carbonyl (C=O) groups is 2. The highest BCUT2D eigenvalue weighted by Crippen LogP contribution is 2.32. The summed E-state index contributed by atoms with van der Waals surface area (Å²) in [6.45, 7) is 4.09. The minimum atomic E-state index is -0.766. The van der Waals surface area contributed by atoms with Crippen molar-refractivity contribution in [3.05, 3.63) is 0 Å². The Morgan fingerprint density at radius 1 is 1.26 bits per heavy atom. The highest BCUT2D eigenvalue weighted by Gasteiger charge is 2.36. The van der Waals surface area contributed by atoms with Gasteiger partial charge in [-0.1, -0.05) is 0 Å². The van der Waals surface area contributed by atoms with Crippen LogP contribution in [0.4, 0.5) is 0 Å². The van der Waals surface area contributed by atoms with E-state index in [2.05, 4.69) is 0 Å². The van der Waals surface area contributed by atoms with Gasteiger partial charge in [-0.15, -0.1) is 0 Å². The van der Waals surface area contributed by atoms with Crippen molar-refractivity contribution in [1.82, 2.24) is 4.90 Å². The Morgan fingerprint density at radius 2 is 2.00 bits per heavy atom. The van der Waals surface area contributed by atoms with Crippen molar-refractivity contribution in [3.8, 4) is 0 Å². The number of carboxylic acid groups (broad SMARTS) is 1. The van der Waals surface area contributed by atoms with E-state index in [4.69, 9.17) is 9.84 Å². The van der Waals surface area contributed by atoms with Crippen molar-refractivity contribution < 1.29 is 19.4 Å². The first-order valence-corrected chi connectivity index (χ1v) is 7.25. The normalized spacial score (nSPS) is 30.5. The molecule has 0 aromatic carbocycles. The lowest BCUT2D eigenvalue weighted by molar-refractivity contribution is -0.141. The Kier molecular flexibility index (Phi) is 4.80. The molecule has 3 unspecified atom stereocenters. The molecule has 1 heterocycles. The third-order valence-electron chi connectivity index (χ3n) is 4.27. The molecule has 2 aliphatic rings. The van der Waals surface area contributed by atoms with E-state index in [1.54, 1.807) is 0 Å². The van der Waals surface area contributed by atoms with Gasteiger partial charge in [0.15, 0.2) is 0 Å². The Labute approximate surface area is 113 Å². The van der Waals surface area contributed by atoms with Crippen LogP contribution in [0, 0.1) is 11.8 Å². The minimum absolute atomic E-state index is 0.109. The summed E-state index contributed by atoms with van der Waals surface area (Å²) in [7, 11) is 0. The second-order valence-corrected chi connectivity index (χ2v) is 5.56. The molecule has 2 rings (SSSR count). The number of amides is 1. The predicted octanol–water partition coefficient (Wildman–Crippen LogP) is 1.51. The number of carbonyl (C=O) groups excluding carboxylic acids is 1. The zero-order chi connectivity index (χ0) is 13.8. The highest BCUT2D eigenvalue weighted by atomic mass is 16.5. The Bertz CT molecular complexity index is 338. The fourth-order valence-corrected chi connectivity index (χ4v) is 3.10. The van der Waals surface area contributed by atoms with Gasteiger partial charge in [-0.05, 0) is 39.0 Å². The number of ether oxygens (including phenoxy) is 1. The molecule has 19 heavy (non-hydrogen) atoms. The lowest BCUT2D eigenvalue weighted by Gasteiger charge is -2.26. The summed E-state index contributed by atoms with van der Waals surface area (Å²) in [5.41, 5.74) is 0. The summed E-state index contributed by atoms with van der Waals surface area (Å²) in [5, 5.41) is 8.99. The first-order valence-electron chi connectivity index (χ1n) is 7.25. The van der Waals surface area contributed by atoms with E-state index >= 15 is 0 Å². The van der Waals surface area contributed by atoms with Crippen LogP contribution in [0.15, 0.2) is 0 Å². The van der Waals surface area contributed by atoms with Crippen LogP contribution in [-0.2, 0) is 14.3 Å². The number of aliphatic carboxylic acids is 1. The van der Waals surface area contributed by atoms with E-state index in [1.165, 1.54) is 0 Å². The molecule has 5 heteroatoms. The van der Waals surface area contributed by atoms with Crippen molar-refractivity contribution >= 4 is 11.9 Å². The van der Waals surface area contributed by atoms with Gasteiger partial charge < -0.3 is 14.7 Å². The zero-order valence-corrected chi connectivity index (χ0v) is 11.5.